The Morgan fingerprint density at radius 1 is 1.24 bits per heavy atom. The standard InChI is InChI=1S/C22H18BrN3O2S/c1-13-5-3-4-6-16(13)12-28-19-8-7-15(10-18(19)23)9-17-20(24)26-11-14(2)29-22(26)25-21(17)27/h3-11,24H,12H2,1-2H3/b17-9-,24-20?. The number of hydrogen-bond acceptors (Lipinski definition) is 4. The molecular formula is C22H18BrN3O2S. The molecule has 0 aromatic heterocycles. The minimum absolute atomic E-state index is 0.139. The topological polar surface area (TPSA) is 65.8 Å². The van der Waals surface area contributed by atoms with Crippen molar-refractivity contribution < 1.29 is 9.53 Å². The molecule has 0 radical (unpaired) electrons. The van der Waals surface area contributed by atoms with Crippen molar-refractivity contribution in [2.45, 2.75) is 20.5 Å². The third kappa shape index (κ3) is 4.06. The Kier molecular flexibility index (Phi) is 5.43. The van der Waals surface area contributed by atoms with Crippen molar-refractivity contribution >= 4 is 50.7 Å². The number of hydrogen-bond donors (Lipinski definition) is 1. The molecule has 29 heavy (non-hydrogen) atoms. The second-order valence-electron chi connectivity index (χ2n) is 6.72. The zero-order chi connectivity index (χ0) is 20.5. The third-order valence-corrected chi connectivity index (χ3v) is 6.12. The molecule has 2 heterocycles. The highest BCUT2D eigenvalue weighted by molar-refractivity contribution is 9.10. The maximum Gasteiger partial charge on any atom is 0.283 e. The van der Waals surface area contributed by atoms with Gasteiger partial charge in [-0.05, 0) is 64.7 Å². The van der Waals surface area contributed by atoms with Gasteiger partial charge in [0.15, 0.2) is 5.17 Å². The van der Waals surface area contributed by atoms with E-state index in [0.717, 1.165) is 26.3 Å². The molecule has 0 fully saturated rings. The SMILES string of the molecule is CC1=CN2C(=N)/C(=C/c3ccc(OCc4ccccc4C)c(Br)c3)C(=O)N=C2S1. The van der Waals surface area contributed by atoms with Crippen LogP contribution < -0.4 is 4.74 Å². The molecule has 0 saturated heterocycles. The molecule has 0 saturated carbocycles. The van der Waals surface area contributed by atoms with Gasteiger partial charge in [0.25, 0.3) is 5.91 Å². The van der Waals surface area contributed by atoms with Gasteiger partial charge in [0.2, 0.25) is 0 Å². The first-order chi connectivity index (χ1) is 13.9. The Morgan fingerprint density at radius 3 is 2.79 bits per heavy atom. The van der Waals surface area contributed by atoms with Crippen LogP contribution in [0.1, 0.15) is 23.6 Å². The number of amides is 1. The summed E-state index contributed by atoms with van der Waals surface area (Å²) >= 11 is 4.94. The zero-order valence-corrected chi connectivity index (χ0v) is 18.3. The van der Waals surface area contributed by atoms with Crippen LogP contribution in [-0.2, 0) is 11.4 Å². The van der Waals surface area contributed by atoms with Crippen molar-refractivity contribution in [2.75, 3.05) is 0 Å². The lowest BCUT2D eigenvalue weighted by atomic mass is 10.1. The molecule has 0 aliphatic carbocycles. The van der Waals surface area contributed by atoms with Gasteiger partial charge in [-0.3, -0.25) is 15.1 Å². The van der Waals surface area contributed by atoms with Crippen molar-refractivity contribution in [3.8, 4) is 5.75 Å². The summed E-state index contributed by atoms with van der Waals surface area (Å²) < 4.78 is 6.73. The van der Waals surface area contributed by atoms with Crippen LogP contribution in [0.15, 0.2) is 68.6 Å². The van der Waals surface area contributed by atoms with E-state index in [2.05, 4.69) is 33.9 Å². The normalized spacial score (nSPS) is 17.3. The minimum atomic E-state index is -0.396. The number of ether oxygens (including phenoxy) is 1. The molecule has 1 N–H and O–H groups in total. The number of nitrogens with one attached hydrogen (secondary N) is 1. The molecule has 7 heteroatoms. The number of aryl methyl sites for hydroxylation is 1. The number of fused-ring (bicyclic) bond motifs is 1. The van der Waals surface area contributed by atoms with E-state index < -0.39 is 5.91 Å². The molecule has 1 amide bonds. The number of carbonyl (C=O) groups excluding carboxylic acids is 1. The average molecular weight is 468 g/mol. The minimum Gasteiger partial charge on any atom is -0.488 e. The first-order valence-corrected chi connectivity index (χ1v) is 10.6. The van der Waals surface area contributed by atoms with E-state index in [0.29, 0.717) is 11.8 Å². The molecule has 0 spiro atoms. The van der Waals surface area contributed by atoms with Gasteiger partial charge < -0.3 is 4.74 Å². The maximum absolute atomic E-state index is 12.4. The summed E-state index contributed by atoms with van der Waals surface area (Å²) in [5, 5.41) is 8.92. The Labute approximate surface area is 181 Å². The third-order valence-electron chi connectivity index (χ3n) is 4.60. The number of amidine groups is 2. The molecular weight excluding hydrogens is 450 g/mol. The van der Waals surface area contributed by atoms with Crippen molar-refractivity contribution in [1.29, 1.82) is 5.41 Å². The lowest BCUT2D eigenvalue weighted by Crippen LogP contribution is -2.35. The number of aliphatic imine (C=N–C) groups is 1. The average Bonchev–Trinajstić information content (AvgIpc) is 3.06. The molecule has 2 aromatic rings. The van der Waals surface area contributed by atoms with Crippen LogP contribution in [0, 0.1) is 12.3 Å². The van der Waals surface area contributed by atoms with Crippen molar-refractivity contribution in [1.82, 2.24) is 4.90 Å². The Morgan fingerprint density at radius 2 is 2.03 bits per heavy atom. The number of nitrogens with zero attached hydrogens (tertiary/aromatic N) is 2. The van der Waals surface area contributed by atoms with E-state index in [9.17, 15) is 4.79 Å². The predicted octanol–water partition coefficient (Wildman–Crippen LogP) is 5.50. The van der Waals surface area contributed by atoms with Crippen LogP contribution in [0.5, 0.6) is 5.75 Å². The van der Waals surface area contributed by atoms with E-state index in [1.165, 1.54) is 17.3 Å². The number of thioether (sulfide) groups is 1. The highest BCUT2D eigenvalue weighted by Crippen LogP contribution is 2.33. The Balaban J connectivity index is 1.54. The maximum atomic E-state index is 12.4. The summed E-state index contributed by atoms with van der Waals surface area (Å²) in [4.78, 5) is 19.1. The number of benzene rings is 2. The van der Waals surface area contributed by atoms with Crippen LogP contribution in [-0.4, -0.2) is 21.8 Å². The summed E-state index contributed by atoms with van der Waals surface area (Å²) in [7, 11) is 0. The van der Waals surface area contributed by atoms with E-state index >= 15 is 0 Å². The monoisotopic (exact) mass is 467 g/mol. The van der Waals surface area contributed by atoms with Crippen molar-refractivity contribution in [3.05, 3.63) is 80.3 Å². The van der Waals surface area contributed by atoms with Crippen LogP contribution in [0.3, 0.4) is 0 Å². The number of rotatable bonds is 4. The fourth-order valence-electron chi connectivity index (χ4n) is 3.02. The molecule has 146 valence electrons. The highest BCUT2D eigenvalue weighted by Gasteiger charge is 2.32. The molecule has 2 aliphatic heterocycles. The van der Waals surface area contributed by atoms with Crippen LogP contribution in [0.2, 0.25) is 0 Å². The quantitative estimate of drug-likeness (QED) is 0.602. The van der Waals surface area contributed by atoms with Crippen LogP contribution in [0.25, 0.3) is 6.08 Å². The fraction of sp³-hybridized carbons (Fsp3) is 0.136. The van der Waals surface area contributed by atoms with Gasteiger partial charge in [-0.25, -0.2) is 0 Å². The molecule has 0 atom stereocenters. The molecule has 0 bridgehead atoms. The smallest absolute Gasteiger partial charge is 0.283 e. The van der Waals surface area contributed by atoms with Crippen LogP contribution in [0.4, 0.5) is 0 Å². The molecule has 2 aliphatic rings. The second kappa shape index (κ2) is 8.00. The zero-order valence-electron chi connectivity index (χ0n) is 15.9. The summed E-state index contributed by atoms with van der Waals surface area (Å²) in [5.41, 5.74) is 3.37. The van der Waals surface area contributed by atoms with Crippen molar-refractivity contribution in [3.63, 3.8) is 0 Å². The van der Waals surface area contributed by atoms with Gasteiger partial charge in [-0.2, -0.15) is 4.99 Å². The van der Waals surface area contributed by atoms with Gasteiger partial charge in [-0.1, -0.05) is 42.1 Å². The molecule has 4 rings (SSSR count). The molecule has 2 aromatic carbocycles. The van der Waals surface area contributed by atoms with Crippen molar-refractivity contribution in [2.24, 2.45) is 4.99 Å². The molecule has 5 nitrogen and oxygen atoms in total. The number of allylic oxidation sites excluding steroid dienone is 1. The number of halogens is 1. The highest BCUT2D eigenvalue weighted by atomic mass is 79.9. The first-order valence-electron chi connectivity index (χ1n) is 8.98. The summed E-state index contributed by atoms with van der Waals surface area (Å²) in [6.07, 6.45) is 3.51. The largest absolute Gasteiger partial charge is 0.488 e. The van der Waals surface area contributed by atoms with E-state index in [4.69, 9.17) is 10.1 Å². The fourth-order valence-corrected chi connectivity index (χ4v) is 4.35. The van der Waals surface area contributed by atoms with E-state index in [1.54, 1.807) is 11.0 Å². The Hall–Kier alpha value is -2.64. The summed E-state index contributed by atoms with van der Waals surface area (Å²) in [6.45, 7) is 4.46. The van der Waals surface area contributed by atoms with Gasteiger partial charge >= 0.3 is 0 Å². The summed E-state index contributed by atoms with van der Waals surface area (Å²) in [6, 6.07) is 13.7. The predicted molar refractivity (Wildman–Crippen MR) is 121 cm³/mol. The second-order valence-corrected chi connectivity index (χ2v) is 8.79. The lowest BCUT2D eigenvalue weighted by Gasteiger charge is -2.22. The summed E-state index contributed by atoms with van der Waals surface area (Å²) in [5.74, 6) is 0.462. The van der Waals surface area contributed by atoms with E-state index in [1.807, 2.05) is 49.5 Å². The van der Waals surface area contributed by atoms with Crippen LogP contribution >= 0.6 is 27.7 Å². The van der Waals surface area contributed by atoms with Gasteiger partial charge in [0.1, 0.15) is 18.2 Å². The Bertz CT molecular complexity index is 1120. The molecule has 0 unspecified atom stereocenters. The lowest BCUT2D eigenvalue weighted by molar-refractivity contribution is -0.114. The van der Waals surface area contributed by atoms with E-state index in [-0.39, 0.29) is 11.4 Å². The van der Waals surface area contributed by atoms with Gasteiger partial charge in [0.05, 0.1) is 10.0 Å². The van der Waals surface area contributed by atoms with Gasteiger partial charge in [0, 0.05) is 11.1 Å². The van der Waals surface area contributed by atoms with Gasteiger partial charge in [-0.15, -0.1) is 0 Å². The first kappa shape index (κ1) is 19.7. The number of carbonyl (C=O) groups is 1.